The monoisotopic (exact) mass is 768 g/mol. The molecule has 0 unspecified atom stereocenters. The van der Waals surface area contributed by atoms with Gasteiger partial charge in [0.05, 0.1) is 24.0 Å². The molecule has 4 atom stereocenters. The van der Waals surface area contributed by atoms with Crippen molar-refractivity contribution in [3.8, 4) is 0 Å². The number of rotatable bonds is 16. The summed E-state index contributed by atoms with van der Waals surface area (Å²) in [6.45, 7) is 13.0. The first-order chi connectivity index (χ1) is 24.6. The molecular weight excluding hydrogens is 716 g/mol. The van der Waals surface area contributed by atoms with Gasteiger partial charge in [-0.1, -0.05) is 67.9 Å². The van der Waals surface area contributed by atoms with E-state index in [-0.39, 0.29) is 41.1 Å². The van der Waals surface area contributed by atoms with Crippen LogP contribution in [0, 0.1) is 5.92 Å². The zero-order chi connectivity index (χ0) is 39.7. The van der Waals surface area contributed by atoms with Gasteiger partial charge in [0.15, 0.2) is 0 Å². The number of nitrogens with one attached hydrogen (secondary N) is 5. The number of hydrogen-bond donors (Lipinski definition) is 5. The minimum absolute atomic E-state index is 0.0621. The first-order valence-electron chi connectivity index (χ1n) is 17.5. The van der Waals surface area contributed by atoms with E-state index in [9.17, 15) is 27.6 Å². The van der Waals surface area contributed by atoms with E-state index in [0.29, 0.717) is 11.4 Å². The van der Waals surface area contributed by atoms with E-state index >= 15 is 0 Å². The number of sulfonamides is 1. The van der Waals surface area contributed by atoms with Crippen molar-refractivity contribution >= 4 is 50.9 Å². The fraction of sp³-hybridized carbons (Fsp3) is 0.436. The fourth-order valence-electron chi connectivity index (χ4n) is 5.40. The zero-order valence-corrected chi connectivity index (χ0v) is 33.5. The highest BCUT2D eigenvalue weighted by Crippen LogP contribution is 2.23. The van der Waals surface area contributed by atoms with Crippen molar-refractivity contribution < 1.29 is 27.6 Å². The third-order valence-electron chi connectivity index (χ3n) is 8.47. The molecule has 3 rings (SSSR count). The normalized spacial score (nSPS) is 14.0. The lowest BCUT2D eigenvalue weighted by molar-refractivity contribution is -0.131. The molecule has 0 bridgehead atoms. The molecule has 5 N–H and O–H groups in total. The second-order valence-corrected chi connectivity index (χ2v) is 17.2. The average molecular weight is 769 g/mol. The minimum atomic E-state index is -3.75. The van der Waals surface area contributed by atoms with E-state index in [1.807, 2.05) is 71.0 Å². The molecule has 0 spiro atoms. The highest BCUT2D eigenvalue weighted by atomic mass is 35.5. The first kappa shape index (κ1) is 42.9. The summed E-state index contributed by atoms with van der Waals surface area (Å²) in [5.41, 5.74) is 1.49. The Kier molecular flexibility index (Phi) is 15.0. The number of benzene rings is 3. The molecule has 0 saturated carbocycles. The molecule has 12 nitrogen and oxygen atoms in total. The van der Waals surface area contributed by atoms with Crippen LogP contribution in [0.5, 0.6) is 0 Å². The number of hydrogen-bond acceptors (Lipinski definition) is 7. The lowest BCUT2D eigenvalue weighted by Crippen LogP contribution is -2.57. The molecule has 0 radical (unpaired) electrons. The van der Waals surface area contributed by atoms with Crippen molar-refractivity contribution in [3.63, 3.8) is 0 Å². The maximum absolute atomic E-state index is 13.9. The van der Waals surface area contributed by atoms with Gasteiger partial charge in [0.2, 0.25) is 21.8 Å². The SMILES string of the molecule is CC(C)[C@H](NC(=O)[C@H](C)NC[C@H](Cc1ccccc1)NC(=O)c1cc(C(=O)N[C@H](C)c2cccc(Cl)c2)cc(N(C)S(C)(=O)=O)c1)C(=O)NC(C)(C)C. The maximum Gasteiger partial charge on any atom is 0.251 e. The van der Waals surface area contributed by atoms with Crippen molar-refractivity contribution in [1.29, 1.82) is 0 Å². The predicted molar refractivity (Wildman–Crippen MR) is 211 cm³/mol. The number of carbonyl (C=O) groups is 4. The van der Waals surface area contributed by atoms with Crippen molar-refractivity contribution in [2.75, 3.05) is 24.2 Å². The zero-order valence-electron chi connectivity index (χ0n) is 31.9. The van der Waals surface area contributed by atoms with Crippen molar-refractivity contribution in [3.05, 3.63) is 100 Å². The van der Waals surface area contributed by atoms with Crippen molar-refractivity contribution in [2.24, 2.45) is 5.92 Å². The highest BCUT2D eigenvalue weighted by Gasteiger charge is 2.29. The van der Waals surface area contributed by atoms with Crippen LogP contribution in [0.15, 0.2) is 72.8 Å². The Bertz CT molecular complexity index is 1870. The molecule has 0 fully saturated rings. The van der Waals surface area contributed by atoms with Gasteiger partial charge < -0.3 is 26.6 Å². The Balaban J connectivity index is 1.87. The van der Waals surface area contributed by atoms with E-state index in [4.69, 9.17) is 11.6 Å². The Hall–Kier alpha value is -4.46. The fourth-order valence-corrected chi connectivity index (χ4v) is 6.09. The molecule has 0 saturated heterocycles. The second-order valence-electron chi connectivity index (χ2n) is 14.7. The van der Waals surface area contributed by atoms with Crippen LogP contribution in [-0.2, 0) is 26.0 Å². The highest BCUT2D eigenvalue weighted by molar-refractivity contribution is 7.92. The Morgan fingerprint density at radius 2 is 1.40 bits per heavy atom. The Morgan fingerprint density at radius 3 is 1.94 bits per heavy atom. The summed E-state index contributed by atoms with van der Waals surface area (Å²) in [7, 11) is -2.41. The predicted octanol–water partition coefficient (Wildman–Crippen LogP) is 4.60. The van der Waals surface area contributed by atoms with Gasteiger partial charge in [0.25, 0.3) is 11.8 Å². The number of amides is 4. The van der Waals surface area contributed by atoms with Gasteiger partial charge in [0, 0.05) is 41.3 Å². The van der Waals surface area contributed by atoms with Crippen molar-refractivity contribution in [1.82, 2.24) is 26.6 Å². The van der Waals surface area contributed by atoms with Crippen LogP contribution in [0.3, 0.4) is 0 Å². The van der Waals surface area contributed by atoms with Crippen LogP contribution >= 0.6 is 11.6 Å². The molecule has 0 aliphatic rings. The molecule has 3 aromatic carbocycles. The van der Waals surface area contributed by atoms with Crippen molar-refractivity contribution in [2.45, 2.75) is 84.6 Å². The summed E-state index contributed by atoms with van der Waals surface area (Å²) < 4.78 is 26.0. The number of nitrogens with zero attached hydrogens (tertiary/aromatic N) is 1. The summed E-state index contributed by atoms with van der Waals surface area (Å²) >= 11 is 6.15. The molecule has 288 valence electrons. The summed E-state index contributed by atoms with van der Waals surface area (Å²) in [4.78, 5) is 53.7. The third-order valence-corrected chi connectivity index (χ3v) is 9.91. The molecule has 14 heteroatoms. The molecule has 0 aliphatic carbocycles. The molecule has 4 amide bonds. The third kappa shape index (κ3) is 13.5. The van der Waals surface area contributed by atoms with Gasteiger partial charge in [-0.15, -0.1) is 0 Å². The van der Waals surface area contributed by atoms with E-state index in [1.54, 1.807) is 32.0 Å². The molecular formula is C39H53ClN6O6S. The van der Waals surface area contributed by atoms with E-state index in [1.165, 1.54) is 25.2 Å². The quantitative estimate of drug-likeness (QED) is 0.142. The standard InChI is InChI=1S/C39H53ClN6O6S/c1-24(2)34(38(50)45-39(5,6)7)44-35(47)26(4)41-23-32(18-27-14-11-10-12-15-27)43-37(49)30-19-29(21-33(22-30)46(8)53(9,51)52)36(48)42-25(3)28-16-13-17-31(40)20-28/h10-17,19-22,24-26,32,34,41H,18,23H2,1-9H3,(H,42,48)(H,43,49)(H,44,47)(H,45,50)/t25-,26+,32+,34+/m1/s1. The van der Waals surface area contributed by atoms with Crippen LogP contribution in [0.4, 0.5) is 5.69 Å². The molecule has 0 aliphatic heterocycles. The van der Waals surface area contributed by atoms with Crippen LogP contribution in [0.2, 0.25) is 5.02 Å². The van der Waals surface area contributed by atoms with E-state index < -0.39 is 51.5 Å². The van der Waals surface area contributed by atoms with Crippen LogP contribution < -0.4 is 30.9 Å². The molecule has 53 heavy (non-hydrogen) atoms. The smallest absolute Gasteiger partial charge is 0.251 e. The summed E-state index contributed by atoms with van der Waals surface area (Å²) in [5.74, 6) is -1.89. The van der Waals surface area contributed by atoms with Gasteiger partial charge in [-0.05, 0) is 88.4 Å². The van der Waals surface area contributed by atoms with Gasteiger partial charge >= 0.3 is 0 Å². The lowest BCUT2D eigenvalue weighted by Gasteiger charge is -2.29. The van der Waals surface area contributed by atoms with Crippen LogP contribution in [-0.4, -0.2) is 75.6 Å². The van der Waals surface area contributed by atoms with E-state index in [0.717, 1.165) is 21.7 Å². The van der Waals surface area contributed by atoms with Gasteiger partial charge in [-0.3, -0.25) is 23.5 Å². The maximum atomic E-state index is 13.9. The Morgan fingerprint density at radius 1 is 0.792 bits per heavy atom. The molecule has 0 aromatic heterocycles. The van der Waals surface area contributed by atoms with Gasteiger partial charge in [-0.2, -0.15) is 0 Å². The Labute approximate surface area is 318 Å². The average Bonchev–Trinajstić information content (AvgIpc) is 3.07. The van der Waals surface area contributed by atoms with Gasteiger partial charge in [0.1, 0.15) is 6.04 Å². The summed E-state index contributed by atoms with van der Waals surface area (Å²) in [6, 6.07) is 18.3. The largest absolute Gasteiger partial charge is 0.350 e. The first-order valence-corrected chi connectivity index (χ1v) is 19.7. The van der Waals surface area contributed by atoms with Crippen LogP contribution in [0.1, 0.15) is 86.4 Å². The number of halogens is 1. The van der Waals surface area contributed by atoms with E-state index in [2.05, 4.69) is 26.6 Å². The minimum Gasteiger partial charge on any atom is -0.350 e. The summed E-state index contributed by atoms with van der Waals surface area (Å²) in [6.07, 6.45) is 1.42. The number of anilines is 1. The van der Waals surface area contributed by atoms with Gasteiger partial charge in [-0.25, -0.2) is 8.42 Å². The lowest BCUT2D eigenvalue weighted by atomic mass is 10.0. The molecule has 3 aromatic rings. The topological polar surface area (TPSA) is 166 Å². The summed E-state index contributed by atoms with van der Waals surface area (Å²) in [5, 5.41) is 15.4. The molecule has 0 heterocycles. The number of carbonyl (C=O) groups excluding carboxylic acids is 4. The second kappa shape index (κ2) is 18.5. The van der Waals surface area contributed by atoms with Crippen LogP contribution in [0.25, 0.3) is 0 Å².